The van der Waals surface area contributed by atoms with Crippen molar-refractivity contribution in [1.29, 1.82) is 0 Å². The molecule has 1 aromatic heterocycles. The van der Waals surface area contributed by atoms with E-state index in [4.69, 9.17) is 19.7 Å². The predicted octanol–water partition coefficient (Wildman–Crippen LogP) is -0.387. The predicted molar refractivity (Wildman–Crippen MR) is 98.8 cm³/mol. The number of unbranched alkanes of at least 4 members (excludes halogenated alkanes) is 3. The highest BCUT2D eigenvalue weighted by atomic mass is 31.1. The Bertz CT molecular complexity index is 739. The average Bonchev–Trinajstić information content (AvgIpc) is 2.65. The molecule has 0 aliphatic carbocycles. The summed E-state index contributed by atoms with van der Waals surface area (Å²) in [4.78, 5) is 34.9. The van der Waals surface area contributed by atoms with Crippen LogP contribution in [0.25, 0.3) is 0 Å². The third kappa shape index (κ3) is 6.28. The van der Waals surface area contributed by atoms with Crippen LogP contribution >= 0.6 is 8.25 Å². The molecule has 2 rings (SSSR count). The quantitative estimate of drug-likeness (QED) is 0.275. The van der Waals surface area contributed by atoms with Gasteiger partial charge in [0.05, 0.1) is 13.2 Å². The number of aromatic amines is 1. The van der Waals surface area contributed by atoms with Gasteiger partial charge in [-0.05, 0) is 19.4 Å². The minimum atomic E-state index is -2.97. The van der Waals surface area contributed by atoms with Crippen molar-refractivity contribution in [2.24, 2.45) is 11.7 Å². The highest BCUT2D eigenvalue weighted by Gasteiger charge is 2.47. The van der Waals surface area contributed by atoms with Crippen LogP contribution in [0.15, 0.2) is 21.9 Å². The number of aliphatic hydroxyl groups excluding tert-OH is 1. The van der Waals surface area contributed by atoms with Crippen LogP contribution in [-0.2, 0) is 18.6 Å². The number of aliphatic hydroxyl groups is 1. The van der Waals surface area contributed by atoms with Crippen molar-refractivity contribution >= 4 is 8.25 Å². The van der Waals surface area contributed by atoms with Crippen molar-refractivity contribution in [2.45, 2.75) is 44.1 Å². The van der Waals surface area contributed by atoms with E-state index in [1.54, 1.807) is 0 Å². The number of nitrogens with one attached hydrogen (secondary N) is 1. The molecule has 1 aliphatic heterocycles. The van der Waals surface area contributed by atoms with Gasteiger partial charge < -0.3 is 20.3 Å². The zero-order chi connectivity index (χ0) is 20.5. The van der Waals surface area contributed by atoms with Crippen molar-refractivity contribution in [1.82, 2.24) is 9.55 Å². The number of hydrogen-bond acceptors (Lipinski definition) is 8. The van der Waals surface area contributed by atoms with E-state index >= 15 is 0 Å². The second-order valence-electron chi connectivity index (χ2n) is 6.53. The van der Waals surface area contributed by atoms with E-state index < -0.39 is 43.9 Å². The summed E-state index contributed by atoms with van der Waals surface area (Å²) < 4.78 is 29.1. The smallest absolute Gasteiger partial charge is 0.396 e. The molecule has 1 saturated heterocycles. The summed E-state index contributed by atoms with van der Waals surface area (Å²) in [6.45, 7) is 0.550. The number of nitrogens with two attached hydrogens (primary N) is 1. The van der Waals surface area contributed by atoms with Gasteiger partial charge in [0.15, 0.2) is 12.3 Å². The Morgan fingerprint density at radius 3 is 2.68 bits per heavy atom. The molecular formula is C16H27N3O8P+. The molecule has 1 aromatic rings. The van der Waals surface area contributed by atoms with Crippen LogP contribution in [0, 0.1) is 5.92 Å². The summed E-state index contributed by atoms with van der Waals surface area (Å²) >= 11 is 0. The maximum absolute atomic E-state index is 12.2. The zero-order valence-electron chi connectivity index (χ0n) is 15.4. The monoisotopic (exact) mass is 420 g/mol. The topological polar surface area (TPSA) is 166 Å². The molecule has 5 N–H and O–H groups in total. The van der Waals surface area contributed by atoms with Crippen LogP contribution in [0.5, 0.6) is 0 Å². The fraction of sp³-hybridized carbons (Fsp3) is 0.750. The minimum Gasteiger partial charge on any atom is -0.396 e. The molecule has 0 spiro atoms. The lowest BCUT2D eigenvalue weighted by Gasteiger charge is -2.39. The minimum absolute atomic E-state index is 0.0169. The lowest BCUT2D eigenvalue weighted by atomic mass is 9.95. The molecule has 0 radical (unpaired) electrons. The maximum atomic E-state index is 12.2. The van der Waals surface area contributed by atoms with Gasteiger partial charge in [0.25, 0.3) is 5.56 Å². The van der Waals surface area contributed by atoms with Gasteiger partial charge in [0.2, 0.25) is 0 Å². The first kappa shape index (κ1) is 22.8. The van der Waals surface area contributed by atoms with Gasteiger partial charge in [-0.2, -0.15) is 0 Å². The fourth-order valence-electron chi connectivity index (χ4n) is 3.11. The first-order valence-electron chi connectivity index (χ1n) is 9.16. The van der Waals surface area contributed by atoms with E-state index in [0.29, 0.717) is 19.6 Å². The van der Waals surface area contributed by atoms with Gasteiger partial charge in [0, 0.05) is 29.4 Å². The van der Waals surface area contributed by atoms with E-state index in [2.05, 4.69) is 4.98 Å². The lowest BCUT2D eigenvalue weighted by molar-refractivity contribution is -0.210. The summed E-state index contributed by atoms with van der Waals surface area (Å²) in [7, 11) is -2.97. The molecule has 1 fully saturated rings. The van der Waals surface area contributed by atoms with E-state index in [1.807, 2.05) is 0 Å². The van der Waals surface area contributed by atoms with Crippen molar-refractivity contribution in [3.05, 3.63) is 33.1 Å². The van der Waals surface area contributed by atoms with Crippen LogP contribution in [0.1, 0.15) is 31.9 Å². The number of ether oxygens (including phenoxy) is 2. The standard InChI is InChI=1S/C16H26N3O8P/c17-6-3-1-2-4-8-25-14-13(27-28(23)24)11(9-20)10-26-15(14)19-7-5-12(21)18-16(19)22/h5,7,11,13-15,20H,1-4,6,8-10,17H2,(H-,18,21,22,23,24)/p+1/t11-,13-,14?,15+/m0/s1. The zero-order valence-corrected chi connectivity index (χ0v) is 16.3. The second kappa shape index (κ2) is 11.5. The molecule has 0 amide bonds. The van der Waals surface area contributed by atoms with E-state index in [9.17, 15) is 24.2 Å². The molecule has 0 aromatic carbocycles. The summed E-state index contributed by atoms with van der Waals surface area (Å²) in [5.41, 5.74) is 4.20. The molecule has 12 heteroatoms. The Morgan fingerprint density at radius 2 is 2.04 bits per heavy atom. The average molecular weight is 420 g/mol. The highest BCUT2D eigenvalue weighted by molar-refractivity contribution is 7.32. The van der Waals surface area contributed by atoms with Gasteiger partial charge >= 0.3 is 13.9 Å². The largest absolute Gasteiger partial charge is 0.695 e. The van der Waals surface area contributed by atoms with Gasteiger partial charge in [-0.1, -0.05) is 12.8 Å². The van der Waals surface area contributed by atoms with Crippen molar-refractivity contribution in [3.63, 3.8) is 0 Å². The number of aromatic nitrogens is 2. The van der Waals surface area contributed by atoms with E-state index in [0.717, 1.165) is 29.9 Å². The molecule has 2 heterocycles. The SMILES string of the molecule is NCCCCCCOC1[C@@H](O[P+](=O)O)[C@@H](CO)CO[C@H]1n1ccc(=O)[nH]c1=O. The Hall–Kier alpha value is -1.46. The number of hydrogen-bond donors (Lipinski definition) is 4. The number of H-pyrrole nitrogens is 1. The first-order chi connectivity index (χ1) is 13.5. The molecule has 2 unspecified atom stereocenters. The third-order valence-electron chi connectivity index (χ3n) is 4.53. The second-order valence-corrected chi connectivity index (χ2v) is 7.22. The number of nitrogens with zero attached hydrogens (tertiary/aromatic N) is 1. The Kier molecular flexibility index (Phi) is 9.39. The molecule has 28 heavy (non-hydrogen) atoms. The van der Waals surface area contributed by atoms with Gasteiger partial charge in [-0.15, -0.1) is 9.42 Å². The molecular weight excluding hydrogens is 393 g/mol. The lowest BCUT2D eigenvalue weighted by Crippen LogP contribution is -2.53. The van der Waals surface area contributed by atoms with Crippen LogP contribution in [0.2, 0.25) is 0 Å². The normalized spacial score (nSPS) is 25.6. The molecule has 0 bridgehead atoms. The van der Waals surface area contributed by atoms with Gasteiger partial charge in [-0.3, -0.25) is 14.3 Å². The molecule has 0 saturated carbocycles. The highest BCUT2D eigenvalue weighted by Crippen LogP contribution is 2.35. The third-order valence-corrected chi connectivity index (χ3v) is 4.95. The molecule has 158 valence electrons. The van der Waals surface area contributed by atoms with Gasteiger partial charge in [-0.25, -0.2) is 4.79 Å². The molecule has 5 atom stereocenters. The van der Waals surface area contributed by atoms with E-state index in [-0.39, 0.29) is 13.2 Å². The Balaban J connectivity index is 2.21. The number of rotatable bonds is 11. The molecule has 1 aliphatic rings. The molecule has 11 nitrogen and oxygen atoms in total. The van der Waals surface area contributed by atoms with Crippen LogP contribution in [-0.4, -0.2) is 58.1 Å². The maximum Gasteiger partial charge on any atom is 0.695 e. The van der Waals surface area contributed by atoms with Gasteiger partial charge in [0.1, 0.15) is 6.10 Å². The van der Waals surface area contributed by atoms with Crippen molar-refractivity contribution in [2.75, 3.05) is 26.4 Å². The fourth-order valence-corrected chi connectivity index (χ4v) is 3.61. The van der Waals surface area contributed by atoms with Crippen LogP contribution < -0.4 is 17.0 Å². The summed E-state index contributed by atoms with van der Waals surface area (Å²) in [5.74, 6) is -0.608. The van der Waals surface area contributed by atoms with Crippen LogP contribution in [0.3, 0.4) is 0 Å². The summed E-state index contributed by atoms with van der Waals surface area (Å²) in [6, 6.07) is 1.16. The summed E-state index contributed by atoms with van der Waals surface area (Å²) in [5, 5.41) is 9.59. The van der Waals surface area contributed by atoms with Crippen molar-refractivity contribution < 1.29 is 28.6 Å². The first-order valence-corrected chi connectivity index (χ1v) is 10.3. The Morgan fingerprint density at radius 1 is 1.29 bits per heavy atom. The Labute approximate surface area is 162 Å². The summed E-state index contributed by atoms with van der Waals surface area (Å²) in [6.07, 6.45) is 1.82. The van der Waals surface area contributed by atoms with Crippen molar-refractivity contribution in [3.8, 4) is 0 Å². The van der Waals surface area contributed by atoms with Crippen LogP contribution in [0.4, 0.5) is 0 Å². The van der Waals surface area contributed by atoms with E-state index in [1.165, 1.54) is 6.20 Å².